The highest BCUT2D eigenvalue weighted by Crippen LogP contribution is 2.05. The van der Waals surface area contributed by atoms with Crippen LogP contribution in [0.15, 0.2) is 12.4 Å². The van der Waals surface area contributed by atoms with Crippen LogP contribution in [0.25, 0.3) is 0 Å². The summed E-state index contributed by atoms with van der Waals surface area (Å²) < 4.78 is 11.4. The monoisotopic (exact) mass is 129 g/mol. The van der Waals surface area contributed by atoms with Gasteiger partial charge in [0.1, 0.15) is 0 Å². The molecular formula is C7H12FN. The van der Waals surface area contributed by atoms with Gasteiger partial charge in [-0.2, -0.15) is 0 Å². The van der Waals surface area contributed by atoms with Crippen LogP contribution in [0.5, 0.6) is 0 Å². The Hall–Kier alpha value is -0.370. The molecule has 0 bridgehead atoms. The maximum absolute atomic E-state index is 11.4. The molecule has 1 aliphatic heterocycles. The van der Waals surface area contributed by atoms with E-state index in [-0.39, 0.29) is 0 Å². The third kappa shape index (κ3) is 2.14. The molecule has 0 amide bonds. The Kier molecular flexibility index (Phi) is 2.71. The molecule has 0 spiro atoms. The van der Waals surface area contributed by atoms with Crippen molar-refractivity contribution in [3.8, 4) is 0 Å². The molecule has 1 nitrogen and oxygen atoms in total. The van der Waals surface area contributed by atoms with E-state index in [0.717, 1.165) is 19.6 Å². The van der Waals surface area contributed by atoms with Crippen molar-refractivity contribution in [3.05, 3.63) is 12.4 Å². The zero-order valence-corrected chi connectivity index (χ0v) is 5.52. The molecule has 0 aromatic heterocycles. The maximum atomic E-state index is 11.4. The molecule has 0 aliphatic carbocycles. The number of rotatable bonds is 2. The minimum absolute atomic E-state index is 0.623. The van der Waals surface area contributed by atoms with Crippen molar-refractivity contribution in [2.45, 2.75) is 12.8 Å². The van der Waals surface area contributed by atoms with E-state index in [9.17, 15) is 4.39 Å². The predicted molar refractivity (Wildman–Crippen MR) is 35.9 cm³/mol. The summed E-state index contributed by atoms with van der Waals surface area (Å²) in [6.07, 6.45) is 4.74. The van der Waals surface area contributed by atoms with Crippen LogP contribution in [0.2, 0.25) is 0 Å². The van der Waals surface area contributed by atoms with Crippen molar-refractivity contribution in [2.75, 3.05) is 19.6 Å². The first kappa shape index (κ1) is 6.75. The van der Waals surface area contributed by atoms with E-state index in [1.165, 1.54) is 12.8 Å². The number of nitrogens with zero attached hydrogens (tertiary/aromatic N) is 1. The van der Waals surface area contributed by atoms with E-state index in [2.05, 4.69) is 4.90 Å². The van der Waals surface area contributed by atoms with E-state index in [0.29, 0.717) is 6.33 Å². The Labute approximate surface area is 55.2 Å². The standard InChI is InChI=1S/C7H12FN/c8-4-3-7-9-5-1-2-6-9/h3-4H,1-2,5-7H2. The number of halogens is 1. The summed E-state index contributed by atoms with van der Waals surface area (Å²) in [6, 6.07) is 0. The molecule has 0 saturated carbocycles. The Bertz CT molecular complexity index is 95.1. The second-order valence-electron chi connectivity index (χ2n) is 2.37. The normalized spacial score (nSPS) is 21.9. The molecule has 0 N–H and O–H groups in total. The second-order valence-corrected chi connectivity index (χ2v) is 2.37. The minimum atomic E-state index is 0.623. The fourth-order valence-corrected chi connectivity index (χ4v) is 1.15. The zero-order chi connectivity index (χ0) is 6.53. The number of hydrogen-bond acceptors (Lipinski definition) is 1. The number of hydrogen-bond donors (Lipinski definition) is 0. The lowest BCUT2D eigenvalue weighted by molar-refractivity contribution is 0.375. The Balaban J connectivity index is 2.11. The molecule has 0 unspecified atom stereocenters. The first-order chi connectivity index (χ1) is 4.43. The van der Waals surface area contributed by atoms with Crippen molar-refractivity contribution < 1.29 is 4.39 Å². The molecule has 0 radical (unpaired) electrons. The fraction of sp³-hybridized carbons (Fsp3) is 0.714. The Morgan fingerprint density at radius 2 is 2.00 bits per heavy atom. The third-order valence-electron chi connectivity index (χ3n) is 1.65. The van der Waals surface area contributed by atoms with Gasteiger partial charge in [-0.05, 0) is 32.0 Å². The molecular weight excluding hydrogens is 117 g/mol. The molecule has 1 fully saturated rings. The van der Waals surface area contributed by atoms with Gasteiger partial charge in [-0.25, -0.2) is 4.39 Å². The van der Waals surface area contributed by atoms with Gasteiger partial charge in [-0.15, -0.1) is 0 Å². The summed E-state index contributed by atoms with van der Waals surface area (Å²) in [7, 11) is 0. The molecule has 52 valence electrons. The predicted octanol–water partition coefficient (Wildman–Crippen LogP) is 1.57. The second kappa shape index (κ2) is 3.62. The largest absolute Gasteiger partial charge is 0.300 e. The van der Waals surface area contributed by atoms with Crippen molar-refractivity contribution >= 4 is 0 Å². The molecule has 9 heavy (non-hydrogen) atoms. The van der Waals surface area contributed by atoms with Crippen LogP contribution in [0, 0.1) is 0 Å². The SMILES string of the molecule is FC=CCN1CCCC1. The van der Waals surface area contributed by atoms with Crippen molar-refractivity contribution in [2.24, 2.45) is 0 Å². The lowest BCUT2D eigenvalue weighted by Crippen LogP contribution is -2.18. The maximum Gasteiger partial charge on any atom is 0.0839 e. The van der Waals surface area contributed by atoms with Gasteiger partial charge in [-0.3, -0.25) is 4.90 Å². The molecule has 0 aromatic rings. The van der Waals surface area contributed by atoms with Gasteiger partial charge in [0.05, 0.1) is 6.33 Å². The van der Waals surface area contributed by atoms with Gasteiger partial charge in [0.2, 0.25) is 0 Å². The zero-order valence-electron chi connectivity index (χ0n) is 5.52. The van der Waals surface area contributed by atoms with Gasteiger partial charge in [0.15, 0.2) is 0 Å². The molecule has 0 atom stereocenters. The highest BCUT2D eigenvalue weighted by molar-refractivity contribution is 4.79. The third-order valence-corrected chi connectivity index (χ3v) is 1.65. The van der Waals surface area contributed by atoms with E-state index in [4.69, 9.17) is 0 Å². The van der Waals surface area contributed by atoms with E-state index in [1.54, 1.807) is 6.08 Å². The van der Waals surface area contributed by atoms with Crippen LogP contribution in [0.4, 0.5) is 4.39 Å². The summed E-state index contributed by atoms with van der Waals surface area (Å²) in [6.45, 7) is 3.07. The fourth-order valence-electron chi connectivity index (χ4n) is 1.15. The lowest BCUT2D eigenvalue weighted by Gasteiger charge is -2.09. The Morgan fingerprint density at radius 3 is 2.56 bits per heavy atom. The van der Waals surface area contributed by atoms with Crippen LogP contribution < -0.4 is 0 Å². The van der Waals surface area contributed by atoms with Gasteiger partial charge < -0.3 is 0 Å². The van der Waals surface area contributed by atoms with Gasteiger partial charge in [0.25, 0.3) is 0 Å². The highest BCUT2D eigenvalue weighted by atomic mass is 19.1. The molecule has 1 heterocycles. The molecule has 1 aliphatic rings. The molecule has 1 saturated heterocycles. The van der Waals surface area contributed by atoms with Gasteiger partial charge in [0, 0.05) is 6.54 Å². The smallest absolute Gasteiger partial charge is 0.0839 e. The first-order valence-electron chi connectivity index (χ1n) is 3.41. The van der Waals surface area contributed by atoms with Crippen LogP contribution in [0.1, 0.15) is 12.8 Å². The average Bonchev–Trinajstić information content (AvgIpc) is 2.34. The average molecular weight is 129 g/mol. The van der Waals surface area contributed by atoms with Crippen LogP contribution >= 0.6 is 0 Å². The van der Waals surface area contributed by atoms with Gasteiger partial charge in [-0.1, -0.05) is 0 Å². The van der Waals surface area contributed by atoms with Crippen LogP contribution in [-0.2, 0) is 0 Å². The summed E-state index contributed by atoms with van der Waals surface area (Å²) >= 11 is 0. The summed E-state index contributed by atoms with van der Waals surface area (Å²) in [5, 5.41) is 0. The first-order valence-corrected chi connectivity index (χ1v) is 3.41. The van der Waals surface area contributed by atoms with E-state index in [1.807, 2.05) is 0 Å². The van der Waals surface area contributed by atoms with Gasteiger partial charge >= 0.3 is 0 Å². The topological polar surface area (TPSA) is 3.24 Å². The molecule has 0 aromatic carbocycles. The highest BCUT2D eigenvalue weighted by Gasteiger charge is 2.08. The van der Waals surface area contributed by atoms with E-state index < -0.39 is 0 Å². The lowest BCUT2D eigenvalue weighted by atomic mass is 10.4. The summed E-state index contributed by atoms with van der Waals surface area (Å²) in [4.78, 5) is 2.25. The minimum Gasteiger partial charge on any atom is -0.300 e. The van der Waals surface area contributed by atoms with Crippen molar-refractivity contribution in [3.63, 3.8) is 0 Å². The summed E-state index contributed by atoms with van der Waals surface area (Å²) in [5.41, 5.74) is 0. The van der Waals surface area contributed by atoms with Crippen LogP contribution in [-0.4, -0.2) is 24.5 Å². The molecule has 1 rings (SSSR count). The number of likely N-dealkylation sites (tertiary alicyclic amines) is 1. The molecule has 2 heteroatoms. The van der Waals surface area contributed by atoms with E-state index >= 15 is 0 Å². The van der Waals surface area contributed by atoms with Crippen molar-refractivity contribution in [1.82, 2.24) is 4.90 Å². The van der Waals surface area contributed by atoms with Crippen molar-refractivity contribution in [1.29, 1.82) is 0 Å². The Morgan fingerprint density at radius 1 is 1.33 bits per heavy atom. The summed E-state index contributed by atoms with van der Waals surface area (Å²) in [5.74, 6) is 0. The quantitative estimate of drug-likeness (QED) is 0.547. The van der Waals surface area contributed by atoms with Crippen LogP contribution in [0.3, 0.4) is 0 Å².